The van der Waals surface area contributed by atoms with Gasteiger partial charge in [-0.3, -0.25) is 19.3 Å². The fraction of sp³-hybridized carbons (Fsp3) is 0.538. The minimum absolute atomic E-state index is 0.0108. The van der Waals surface area contributed by atoms with Gasteiger partial charge < -0.3 is 10.2 Å². The zero-order valence-corrected chi connectivity index (χ0v) is 31.7. The number of piperidine rings is 1. The molecule has 0 aliphatic carbocycles. The third kappa shape index (κ3) is 11.2. The number of hydrogen-bond acceptors (Lipinski definition) is 7. The highest BCUT2D eigenvalue weighted by atomic mass is 32.1. The highest BCUT2D eigenvalue weighted by Crippen LogP contribution is 2.37. The molecule has 0 spiro atoms. The smallest absolute Gasteiger partial charge is 0.337 e. The number of alkyl halides is 6. The summed E-state index contributed by atoms with van der Waals surface area (Å²) in [6.45, 7) is 18.1. The van der Waals surface area contributed by atoms with Crippen molar-refractivity contribution >= 4 is 28.8 Å². The number of nitrogens with zero attached hydrogens (tertiary/aromatic N) is 3. The van der Waals surface area contributed by atoms with Gasteiger partial charge in [0.1, 0.15) is 5.01 Å². The second kappa shape index (κ2) is 16.8. The van der Waals surface area contributed by atoms with Crippen molar-refractivity contribution in [3.63, 3.8) is 0 Å². The SMILES string of the molecule is CC(C)(C)c1csc(-c2ccc(C(c3ccccc3)N3CCN(C(=O)CC4CCNCC4)[C@@H](C(C)(C)C)C3)cc2)n1.O=C(C(=O)C(F)(F)F)C(F)(F)F. The van der Waals surface area contributed by atoms with Crippen LogP contribution in [0.3, 0.4) is 0 Å². The first-order valence-electron chi connectivity index (χ1n) is 17.7. The minimum Gasteiger partial charge on any atom is -0.337 e. The van der Waals surface area contributed by atoms with Gasteiger partial charge >= 0.3 is 23.9 Å². The van der Waals surface area contributed by atoms with Crippen LogP contribution in [0, 0.1) is 11.3 Å². The molecule has 3 heterocycles. The lowest BCUT2D eigenvalue weighted by atomic mass is 9.82. The fourth-order valence-electron chi connectivity index (χ4n) is 6.59. The molecular formula is C39H48F6N4O3S. The van der Waals surface area contributed by atoms with E-state index in [2.05, 4.69) is 117 Å². The number of thiazole rings is 1. The van der Waals surface area contributed by atoms with Gasteiger partial charge in [-0.25, -0.2) is 4.98 Å². The molecule has 1 unspecified atom stereocenters. The molecule has 53 heavy (non-hydrogen) atoms. The molecule has 290 valence electrons. The molecule has 14 heteroatoms. The number of carbonyl (C=O) groups is 3. The fourth-order valence-corrected chi connectivity index (χ4v) is 7.65. The lowest BCUT2D eigenvalue weighted by molar-refractivity contribution is -0.193. The van der Waals surface area contributed by atoms with Gasteiger partial charge in [0.05, 0.1) is 11.7 Å². The number of rotatable bonds is 7. The van der Waals surface area contributed by atoms with Gasteiger partial charge in [0.25, 0.3) is 0 Å². The summed E-state index contributed by atoms with van der Waals surface area (Å²) in [4.78, 5) is 42.7. The van der Waals surface area contributed by atoms with Crippen molar-refractivity contribution in [1.82, 2.24) is 20.1 Å². The summed E-state index contributed by atoms with van der Waals surface area (Å²) in [5, 5.41) is 6.70. The summed E-state index contributed by atoms with van der Waals surface area (Å²) >= 11 is 1.72. The summed E-state index contributed by atoms with van der Waals surface area (Å²) in [6.07, 6.45) is -8.64. The average molecular weight is 767 g/mol. The molecule has 5 rings (SSSR count). The zero-order chi connectivity index (χ0) is 39.4. The number of ketones is 2. The predicted molar refractivity (Wildman–Crippen MR) is 193 cm³/mol. The van der Waals surface area contributed by atoms with Crippen LogP contribution in [-0.4, -0.2) is 83.4 Å². The molecule has 7 nitrogen and oxygen atoms in total. The van der Waals surface area contributed by atoms with Crippen LogP contribution >= 0.6 is 11.3 Å². The first-order chi connectivity index (χ1) is 24.6. The third-order valence-corrected chi connectivity index (χ3v) is 10.5. The summed E-state index contributed by atoms with van der Waals surface area (Å²) in [5.41, 5.74) is 4.93. The van der Waals surface area contributed by atoms with Crippen LogP contribution in [-0.2, 0) is 19.8 Å². The summed E-state index contributed by atoms with van der Waals surface area (Å²) in [5.74, 6) is -5.96. The van der Waals surface area contributed by atoms with Crippen LogP contribution in [0.5, 0.6) is 0 Å². The van der Waals surface area contributed by atoms with Crippen molar-refractivity contribution in [3.8, 4) is 10.6 Å². The Labute approximate surface area is 311 Å². The first kappa shape index (κ1) is 42.1. The molecule has 0 bridgehead atoms. The molecule has 1 aromatic heterocycles. The van der Waals surface area contributed by atoms with Gasteiger partial charge in [-0.15, -0.1) is 11.3 Å². The number of amides is 1. The van der Waals surface area contributed by atoms with Crippen molar-refractivity contribution in [3.05, 3.63) is 76.8 Å². The van der Waals surface area contributed by atoms with Crippen molar-refractivity contribution < 1.29 is 40.7 Å². The Morgan fingerprint density at radius 1 is 0.811 bits per heavy atom. The molecule has 0 saturated carbocycles. The van der Waals surface area contributed by atoms with Crippen molar-refractivity contribution in [2.45, 2.75) is 90.7 Å². The molecule has 2 aliphatic heterocycles. The quantitative estimate of drug-likeness (QED) is 0.192. The summed E-state index contributed by atoms with van der Waals surface area (Å²) < 4.78 is 67.0. The molecule has 0 radical (unpaired) electrons. The van der Waals surface area contributed by atoms with E-state index in [0.29, 0.717) is 18.2 Å². The van der Waals surface area contributed by atoms with Crippen molar-refractivity contribution in [2.75, 3.05) is 32.7 Å². The van der Waals surface area contributed by atoms with Crippen LogP contribution in [0.15, 0.2) is 60.0 Å². The summed E-state index contributed by atoms with van der Waals surface area (Å²) in [7, 11) is 0. The molecule has 3 aromatic rings. The van der Waals surface area contributed by atoms with Crippen molar-refractivity contribution in [1.29, 1.82) is 0 Å². The van der Waals surface area contributed by atoms with Crippen LogP contribution < -0.4 is 5.32 Å². The van der Waals surface area contributed by atoms with E-state index in [1.54, 1.807) is 11.3 Å². The van der Waals surface area contributed by atoms with E-state index in [1.165, 1.54) is 16.7 Å². The highest BCUT2D eigenvalue weighted by Gasteiger charge is 2.54. The van der Waals surface area contributed by atoms with Gasteiger partial charge in [0.15, 0.2) is 0 Å². The van der Waals surface area contributed by atoms with E-state index in [4.69, 9.17) is 4.98 Å². The number of carbonyl (C=O) groups excluding carboxylic acids is 3. The van der Waals surface area contributed by atoms with Gasteiger partial charge in [-0.1, -0.05) is 96.1 Å². The first-order valence-corrected chi connectivity index (χ1v) is 18.5. The predicted octanol–water partition coefficient (Wildman–Crippen LogP) is 8.39. The standard InChI is InChI=1S/C35H48N4OS.C4F6O2/c1-34(2,3)29-24-41-33(37-29)28-14-12-27(13-15-28)32(26-10-8-7-9-11-26)38-20-21-39(30(23-38)35(4,5)6)31(40)22-25-16-18-36-19-17-25;5-3(6,7)1(11)2(12)4(8,9)10/h7-15,24-25,30,32,36H,16-23H2,1-6H3;/t30-,32?;/m1./s1. The second-order valence-electron chi connectivity index (χ2n) is 15.7. The third-order valence-electron chi connectivity index (χ3n) is 9.60. The average Bonchev–Trinajstić information content (AvgIpc) is 3.60. The van der Waals surface area contributed by atoms with Crippen LogP contribution in [0.2, 0.25) is 0 Å². The Bertz CT molecular complexity index is 1670. The van der Waals surface area contributed by atoms with Gasteiger partial charge in [-0.2, -0.15) is 26.3 Å². The number of nitrogens with one attached hydrogen (secondary N) is 1. The monoisotopic (exact) mass is 766 g/mol. The number of Topliss-reactive ketones (excluding diaryl/α,β-unsaturated/α-hetero) is 2. The number of benzene rings is 2. The lowest BCUT2D eigenvalue weighted by Crippen LogP contribution is -2.60. The Kier molecular flexibility index (Phi) is 13.4. The topological polar surface area (TPSA) is 82.6 Å². The zero-order valence-electron chi connectivity index (χ0n) is 30.9. The largest absolute Gasteiger partial charge is 0.458 e. The Morgan fingerprint density at radius 2 is 1.36 bits per heavy atom. The number of piperazine rings is 1. The van der Waals surface area contributed by atoms with Crippen LogP contribution in [0.25, 0.3) is 10.6 Å². The van der Waals surface area contributed by atoms with E-state index in [-0.39, 0.29) is 22.9 Å². The highest BCUT2D eigenvalue weighted by molar-refractivity contribution is 7.13. The Morgan fingerprint density at radius 3 is 1.85 bits per heavy atom. The van der Waals surface area contributed by atoms with Gasteiger partial charge in [0, 0.05) is 48.5 Å². The van der Waals surface area contributed by atoms with Crippen LogP contribution in [0.1, 0.15) is 83.7 Å². The molecule has 2 fully saturated rings. The Balaban J connectivity index is 0.000000450. The minimum atomic E-state index is -5.77. The molecular weight excluding hydrogens is 719 g/mol. The second-order valence-corrected chi connectivity index (χ2v) is 16.6. The van der Waals surface area contributed by atoms with Gasteiger partial charge in [0.2, 0.25) is 5.91 Å². The molecule has 2 saturated heterocycles. The number of halogens is 6. The van der Waals surface area contributed by atoms with Crippen molar-refractivity contribution in [2.24, 2.45) is 11.3 Å². The maximum Gasteiger partial charge on any atom is 0.458 e. The number of aromatic nitrogens is 1. The van der Waals surface area contributed by atoms with Crippen LogP contribution in [0.4, 0.5) is 26.3 Å². The molecule has 2 aromatic carbocycles. The number of hydrogen-bond donors (Lipinski definition) is 1. The van der Waals surface area contributed by atoms with E-state index >= 15 is 0 Å². The van der Waals surface area contributed by atoms with E-state index in [0.717, 1.165) is 56.3 Å². The van der Waals surface area contributed by atoms with E-state index < -0.39 is 23.9 Å². The van der Waals surface area contributed by atoms with Gasteiger partial charge in [-0.05, 0) is 48.4 Å². The molecule has 2 aliphatic rings. The maximum absolute atomic E-state index is 13.7. The molecule has 1 N–H and O–H groups in total. The molecule has 1 amide bonds. The van der Waals surface area contributed by atoms with E-state index in [9.17, 15) is 40.7 Å². The molecule has 2 atom stereocenters. The normalized spacial score (nSPS) is 18.6. The van der Waals surface area contributed by atoms with E-state index in [1.807, 2.05) is 0 Å². The lowest BCUT2D eigenvalue weighted by Gasteiger charge is -2.49. The maximum atomic E-state index is 13.7. The summed E-state index contributed by atoms with van der Waals surface area (Å²) in [6, 6.07) is 20.2. The Hall–Kier alpha value is -3.62.